The highest BCUT2D eigenvalue weighted by Gasteiger charge is 2.22. The third-order valence-corrected chi connectivity index (χ3v) is 2.17. The molecular weight excluding hydrogens is 243 g/mol. The summed E-state index contributed by atoms with van der Waals surface area (Å²) in [6.07, 6.45) is 0. The van der Waals surface area contributed by atoms with Gasteiger partial charge in [0.1, 0.15) is 0 Å². The molecule has 1 aromatic rings. The van der Waals surface area contributed by atoms with Crippen LogP contribution in [0, 0.1) is 0 Å². The van der Waals surface area contributed by atoms with Gasteiger partial charge in [-0.1, -0.05) is 0 Å². The van der Waals surface area contributed by atoms with Crippen LogP contribution in [0.5, 0.6) is 0 Å². The van der Waals surface area contributed by atoms with Gasteiger partial charge in [0.15, 0.2) is 0 Å². The van der Waals surface area contributed by atoms with Gasteiger partial charge in [0.2, 0.25) is 0 Å². The molecule has 0 atom stereocenters. The molecule has 1 radical (unpaired) electrons. The van der Waals surface area contributed by atoms with E-state index in [9.17, 15) is 9.59 Å². The maximum Gasteiger partial charge on any atom is 0.552 e. The second-order valence-electron chi connectivity index (χ2n) is 5.03. The van der Waals surface area contributed by atoms with Gasteiger partial charge in [-0.25, -0.2) is 4.79 Å². The predicted octanol–water partition coefficient (Wildman–Crippen LogP) is 1.72. The number of carbonyl (C=O) groups is 2. The summed E-state index contributed by atoms with van der Waals surface area (Å²) >= 11 is 0. The van der Waals surface area contributed by atoms with Crippen LogP contribution < -0.4 is 5.32 Å². The first-order chi connectivity index (χ1) is 8.81. The number of hydrogen-bond acceptors (Lipinski definition) is 3. The standard InChI is InChI=1S/C13H19BN2O3/c1-5-19-12(17)10-6-8-11(9-7-10)15-13(18)14-16(2,3)4/h6-9H,5H2,1-4H3,(H,15,18)/q+1. The highest BCUT2D eigenvalue weighted by molar-refractivity contribution is 6.70. The topological polar surface area (TPSA) is 55.4 Å². The zero-order chi connectivity index (χ0) is 14.5. The van der Waals surface area contributed by atoms with Crippen molar-refractivity contribution in [2.45, 2.75) is 6.92 Å². The van der Waals surface area contributed by atoms with Crippen LogP contribution >= 0.6 is 0 Å². The average Bonchev–Trinajstić information content (AvgIpc) is 2.27. The van der Waals surface area contributed by atoms with Crippen LogP contribution in [0.1, 0.15) is 17.3 Å². The van der Waals surface area contributed by atoms with Crippen molar-refractivity contribution in [3.05, 3.63) is 29.8 Å². The third kappa shape index (κ3) is 5.57. The SMILES string of the molecule is CCOC(=O)c1ccc(NC(=O)[B][N+](C)(C)C)cc1. The van der Waals surface area contributed by atoms with Gasteiger partial charge in [0, 0.05) is 26.8 Å². The van der Waals surface area contributed by atoms with E-state index in [4.69, 9.17) is 4.74 Å². The van der Waals surface area contributed by atoms with E-state index in [1.807, 2.05) is 21.1 Å². The van der Waals surface area contributed by atoms with E-state index in [-0.39, 0.29) is 11.8 Å². The van der Waals surface area contributed by atoms with E-state index < -0.39 is 0 Å². The predicted molar refractivity (Wildman–Crippen MR) is 75.2 cm³/mol. The summed E-state index contributed by atoms with van der Waals surface area (Å²) in [6, 6.07) is 6.60. The molecule has 1 aromatic carbocycles. The summed E-state index contributed by atoms with van der Waals surface area (Å²) in [6.45, 7) is 2.10. The van der Waals surface area contributed by atoms with Gasteiger partial charge in [0.25, 0.3) is 5.81 Å². The Morgan fingerprint density at radius 2 is 1.79 bits per heavy atom. The van der Waals surface area contributed by atoms with Crippen molar-refractivity contribution in [3.8, 4) is 0 Å². The fraction of sp³-hybridized carbons (Fsp3) is 0.385. The number of benzene rings is 1. The molecule has 6 heteroatoms. The summed E-state index contributed by atoms with van der Waals surface area (Å²) in [5.41, 5.74) is 1.11. The van der Waals surface area contributed by atoms with Gasteiger partial charge in [-0.2, -0.15) is 0 Å². The lowest BCUT2D eigenvalue weighted by atomic mass is 9.88. The highest BCUT2D eigenvalue weighted by Crippen LogP contribution is 2.10. The Hall–Kier alpha value is -1.82. The minimum atomic E-state index is -0.363. The maximum absolute atomic E-state index is 11.7. The number of ether oxygens (including phenoxy) is 1. The van der Waals surface area contributed by atoms with Crippen molar-refractivity contribution in [3.63, 3.8) is 0 Å². The molecule has 1 amide bonds. The molecule has 0 heterocycles. The molecule has 1 N–H and O–H groups in total. The molecular formula is C13H19BN2O3+. The molecule has 5 nitrogen and oxygen atoms in total. The molecule has 0 unspecified atom stereocenters. The minimum absolute atomic E-state index is 0.184. The number of esters is 1. The quantitative estimate of drug-likeness (QED) is 0.649. The molecule has 1 rings (SSSR count). The third-order valence-electron chi connectivity index (χ3n) is 2.17. The van der Waals surface area contributed by atoms with Crippen LogP contribution in [0.15, 0.2) is 24.3 Å². The fourth-order valence-electron chi connectivity index (χ4n) is 1.43. The lowest BCUT2D eigenvalue weighted by Gasteiger charge is -2.21. The van der Waals surface area contributed by atoms with Gasteiger partial charge < -0.3 is 14.4 Å². The second-order valence-corrected chi connectivity index (χ2v) is 5.03. The Bertz CT molecular complexity index is 452. The first-order valence-electron chi connectivity index (χ1n) is 6.07. The van der Waals surface area contributed by atoms with E-state index in [2.05, 4.69) is 5.32 Å². The van der Waals surface area contributed by atoms with Crippen molar-refractivity contribution in [1.29, 1.82) is 0 Å². The minimum Gasteiger partial charge on any atom is -0.462 e. The Kier molecular flexibility index (Phi) is 5.12. The summed E-state index contributed by atoms with van der Waals surface area (Å²) in [5.74, 6) is -0.547. The van der Waals surface area contributed by atoms with Crippen LogP contribution in [0.25, 0.3) is 0 Å². The van der Waals surface area contributed by atoms with E-state index >= 15 is 0 Å². The molecule has 19 heavy (non-hydrogen) atoms. The number of nitrogens with zero attached hydrogens (tertiary/aromatic N) is 1. The van der Waals surface area contributed by atoms with Crippen molar-refractivity contribution in [2.75, 3.05) is 33.1 Å². The molecule has 0 aliphatic heterocycles. The monoisotopic (exact) mass is 262 g/mol. The molecule has 0 aliphatic rings. The van der Waals surface area contributed by atoms with Crippen molar-refractivity contribution in [1.82, 2.24) is 0 Å². The van der Waals surface area contributed by atoms with Crippen molar-refractivity contribution >= 4 is 24.9 Å². The molecule has 0 saturated heterocycles. The van der Waals surface area contributed by atoms with Gasteiger partial charge in [-0.15, -0.1) is 0 Å². The van der Waals surface area contributed by atoms with Crippen LogP contribution in [-0.2, 0) is 4.74 Å². The number of quaternary nitrogens is 1. The Labute approximate surface area is 114 Å². The van der Waals surface area contributed by atoms with E-state index in [0.29, 0.717) is 22.3 Å². The number of carbonyl (C=O) groups excluding carboxylic acids is 2. The van der Waals surface area contributed by atoms with E-state index in [0.717, 1.165) is 0 Å². The summed E-state index contributed by atoms with van der Waals surface area (Å²) in [4.78, 5) is 23.1. The molecule has 0 bridgehead atoms. The fourth-order valence-corrected chi connectivity index (χ4v) is 1.43. The molecule has 0 aliphatic carbocycles. The maximum atomic E-state index is 11.7. The van der Waals surface area contributed by atoms with Crippen LogP contribution in [0.2, 0.25) is 0 Å². The van der Waals surface area contributed by atoms with E-state index in [1.54, 1.807) is 38.6 Å². The number of rotatable bonds is 5. The van der Waals surface area contributed by atoms with Crippen molar-refractivity contribution in [2.24, 2.45) is 0 Å². The lowest BCUT2D eigenvalue weighted by Crippen LogP contribution is -2.44. The number of hydrogen-bond donors (Lipinski definition) is 1. The Morgan fingerprint density at radius 3 is 2.26 bits per heavy atom. The summed E-state index contributed by atoms with van der Waals surface area (Å²) < 4.78 is 5.32. The zero-order valence-corrected chi connectivity index (χ0v) is 11.8. The molecule has 0 spiro atoms. The summed E-state index contributed by atoms with van der Waals surface area (Å²) in [7, 11) is 7.23. The highest BCUT2D eigenvalue weighted by atomic mass is 16.5. The second kappa shape index (κ2) is 6.38. The van der Waals surface area contributed by atoms with Crippen LogP contribution in [0.3, 0.4) is 0 Å². The Balaban J connectivity index is 2.62. The van der Waals surface area contributed by atoms with Gasteiger partial charge in [-0.05, 0) is 31.2 Å². The van der Waals surface area contributed by atoms with Crippen LogP contribution in [-0.4, -0.2) is 51.3 Å². The first-order valence-corrected chi connectivity index (χ1v) is 6.07. The largest absolute Gasteiger partial charge is 0.552 e. The summed E-state index contributed by atoms with van der Waals surface area (Å²) in [5, 5.41) is 2.73. The first kappa shape index (κ1) is 15.2. The number of anilines is 1. The lowest BCUT2D eigenvalue weighted by molar-refractivity contribution is -0.753. The molecule has 0 aromatic heterocycles. The molecule has 101 valence electrons. The smallest absolute Gasteiger partial charge is 0.462 e. The molecule has 0 saturated carbocycles. The normalized spacial score (nSPS) is 10.7. The van der Waals surface area contributed by atoms with Gasteiger partial charge >= 0.3 is 13.4 Å². The van der Waals surface area contributed by atoms with Crippen molar-refractivity contribution < 1.29 is 18.7 Å². The number of nitrogens with one attached hydrogen (secondary N) is 1. The van der Waals surface area contributed by atoms with E-state index in [1.165, 1.54) is 0 Å². The molecule has 0 fully saturated rings. The average molecular weight is 262 g/mol. The van der Waals surface area contributed by atoms with Gasteiger partial charge in [-0.3, -0.25) is 4.79 Å². The Morgan fingerprint density at radius 1 is 1.21 bits per heavy atom. The zero-order valence-electron chi connectivity index (χ0n) is 11.8. The van der Waals surface area contributed by atoms with Gasteiger partial charge in [0.05, 0.1) is 12.2 Å². The van der Waals surface area contributed by atoms with Crippen LogP contribution in [0.4, 0.5) is 10.5 Å². The number of amides is 1.